The quantitative estimate of drug-likeness (QED) is 0.740. The first-order chi connectivity index (χ1) is 13.2. The summed E-state index contributed by atoms with van der Waals surface area (Å²) in [6.45, 7) is 0.814. The normalized spacial score (nSPS) is 16.1. The van der Waals surface area contributed by atoms with Gasteiger partial charge in [0.05, 0.1) is 38.0 Å². The Hall–Kier alpha value is -3.19. The minimum atomic E-state index is -0.168. The second-order valence-corrected chi connectivity index (χ2v) is 6.49. The number of nitrogens with zero attached hydrogens (tertiary/aromatic N) is 3. The van der Waals surface area contributed by atoms with Gasteiger partial charge in [0.25, 0.3) is 5.91 Å². The Labute approximate surface area is 156 Å². The number of rotatable bonds is 4. The first-order valence-electron chi connectivity index (χ1n) is 8.70. The van der Waals surface area contributed by atoms with Gasteiger partial charge in [-0.1, -0.05) is 12.1 Å². The van der Waals surface area contributed by atoms with Crippen LogP contribution >= 0.6 is 0 Å². The van der Waals surface area contributed by atoms with E-state index in [4.69, 9.17) is 4.74 Å². The number of aromatic amines is 1. The summed E-state index contributed by atoms with van der Waals surface area (Å²) in [6.07, 6.45) is 3.21. The molecule has 1 aliphatic rings. The molecule has 0 aliphatic carbocycles. The van der Waals surface area contributed by atoms with Crippen LogP contribution in [-0.2, 0) is 13.2 Å². The average Bonchev–Trinajstić information content (AvgIpc) is 3.21. The number of carbonyl (C=O) groups is 1. The third-order valence-corrected chi connectivity index (χ3v) is 4.84. The van der Waals surface area contributed by atoms with Gasteiger partial charge in [-0.15, -0.1) is 0 Å². The van der Waals surface area contributed by atoms with Crippen molar-refractivity contribution < 1.29 is 14.6 Å². The van der Waals surface area contributed by atoms with E-state index in [0.717, 1.165) is 22.7 Å². The molecule has 0 saturated heterocycles. The Morgan fingerprint density at radius 3 is 3.04 bits per heavy atom. The van der Waals surface area contributed by atoms with Crippen molar-refractivity contribution in [3.8, 4) is 5.75 Å². The van der Waals surface area contributed by atoms with Crippen LogP contribution in [0.3, 0.4) is 0 Å². The summed E-state index contributed by atoms with van der Waals surface area (Å²) < 4.78 is 5.34. The van der Waals surface area contributed by atoms with Crippen molar-refractivity contribution in [1.29, 1.82) is 0 Å². The predicted molar refractivity (Wildman–Crippen MR) is 98.3 cm³/mol. The van der Waals surface area contributed by atoms with E-state index >= 15 is 0 Å². The zero-order valence-corrected chi connectivity index (χ0v) is 14.9. The van der Waals surface area contributed by atoms with Crippen LogP contribution in [0.15, 0.2) is 48.9 Å². The lowest BCUT2D eigenvalue weighted by Gasteiger charge is -2.32. The molecule has 1 aromatic carbocycles. The minimum absolute atomic E-state index is 0.0555. The first kappa shape index (κ1) is 17.2. The number of nitrogens with one attached hydrogen (secondary N) is 1. The Morgan fingerprint density at radius 2 is 2.22 bits per heavy atom. The fraction of sp³-hybridized carbons (Fsp3) is 0.250. The number of carbonyl (C=O) groups excluding carboxylic acids is 1. The maximum absolute atomic E-state index is 13.0. The number of fused-ring (bicyclic) bond motifs is 1. The van der Waals surface area contributed by atoms with E-state index in [9.17, 15) is 9.90 Å². The van der Waals surface area contributed by atoms with Crippen LogP contribution in [0.1, 0.15) is 38.9 Å². The Kier molecular flexibility index (Phi) is 4.60. The lowest BCUT2D eigenvalue weighted by Crippen LogP contribution is -2.39. The second-order valence-electron chi connectivity index (χ2n) is 6.49. The van der Waals surface area contributed by atoms with Gasteiger partial charge in [-0.25, -0.2) is 4.98 Å². The maximum Gasteiger partial charge on any atom is 0.272 e. The summed E-state index contributed by atoms with van der Waals surface area (Å²) in [5.74, 6) is 0.545. The number of hydrogen-bond acceptors (Lipinski definition) is 5. The van der Waals surface area contributed by atoms with Gasteiger partial charge < -0.3 is 19.7 Å². The molecule has 0 radical (unpaired) electrons. The molecular weight excluding hydrogens is 344 g/mol. The average molecular weight is 364 g/mol. The Morgan fingerprint density at radius 1 is 1.33 bits per heavy atom. The fourth-order valence-electron chi connectivity index (χ4n) is 3.45. The summed E-state index contributed by atoms with van der Waals surface area (Å²) in [5.41, 5.74) is 3.90. The minimum Gasteiger partial charge on any atom is -0.497 e. The van der Waals surface area contributed by atoms with Gasteiger partial charge in [-0.3, -0.25) is 9.78 Å². The number of aliphatic hydroxyl groups excluding tert-OH is 1. The standard InChI is InChI=1S/C20H20N4O3/c1-27-15-4-2-3-14(8-15)16-9-24(10-18-19(16)23-12-22-18)20(26)17-7-13(11-25)5-6-21-17/h2-8,12,16,25H,9-11H2,1H3,(H,22,23). The second kappa shape index (κ2) is 7.20. The highest BCUT2D eigenvalue weighted by atomic mass is 16.5. The maximum atomic E-state index is 13.0. The van der Waals surface area contributed by atoms with E-state index in [1.165, 1.54) is 0 Å². The van der Waals surface area contributed by atoms with E-state index in [1.807, 2.05) is 24.3 Å². The number of pyridine rings is 1. The summed E-state index contributed by atoms with van der Waals surface area (Å²) in [4.78, 5) is 26.6. The molecule has 7 heteroatoms. The Bertz CT molecular complexity index is 969. The lowest BCUT2D eigenvalue weighted by molar-refractivity contribution is 0.0715. The van der Waals surface area contributed by atoms with E-state index < -0.39 is 0 Å². The monoisotopic (exact) mass is 364 g/mol. The largest absolute Gasteiger partial charge is 0.497 e. The fourth-order valence-corrected chi connectivity index (χ4v) is 3.45. The van der Waals surface area contributed by atoms with Gasteiger partial charge in [-0.2, -0.15) is 0 Å². The van der Waals surface area contributed by atoms with Crippen LogP contribution in [0, 0.1) is 0 Å². The van der Waals surface area contributed by atoms with Crippen LogP contribution < -0.4 is 4.74 Å². The lowest BCUT2D eigenvalue weighted by atomic mass is 9.90. The number of benzene rings is 1. The molecule has 0 fully saturated rings. The molecule has 3 heterocycles. The molecule has 1 unspecified atom stereocenters. The molecule has 3 aromatic rings. The molecule has 1 atom stereocenters. The molecule has 1 amide bonds. The highest BCUT2D eigenvalue weighted by Gasteiger charge is 2.32. The van der Waals surface area contributed by atoms with E-state index in [1.54, 1.807) is 36.7 Å². The summed E-state index contributed by atoms with van der Waals surface area (Å²) in [7, 11) is 1.63. The molecule has 2 aromatic heterocycles. The number of methoxy groups -OCH3 is 1. The van der Waals surface area contributed by atoms with Gasteiger partial charge >= 0.3 is 0 Å². The molecule has 0 spiro atoms. The molecular formula is C20H20N4O3. The molecule has 27 heavy (non-hydrogen) atoms. The number of hydrogen-bond donors (Lipinski definition) is 2. The highest BCUT2D eigenvalue weighted by Crippen LogP contribution is 2.33. The van der Waals surface area contributed by atoms with Gasteiger partial charge in [0, 0.05) is 18.7 Å². The molecule has 0 saturated carbocycles. The highest BCUT2D eigenvalue weighted by molar-refractivity contribution is 5.92. The number of imidazole rings is 1. The van der Waals surface area contributed by atoms with Gasteiger partial charge in [0.15, 0.2) is 0 Å². The van der Waals surface area contributed by atoms with Crippen LogP contribution in [0.4, 0.5) is 0 Å². The van der Waals surface area contributed by atoms with Crippen LogP contribution in [0.2, 0.25) is 0 Å². The number of aromatic nitrogens is 3. The third-order valence-electron chi connectivity index (χ3n) is 4.84. The van der Waals surface area contributed by atoms with Crippen LogP contribution in [-0.4, -0.2) is 44.5 Å². The molecule has 7 nitrogen and oxygen atoms in total. The summed E-state index contributed by atoms with van der Waals surface area (Å²) in [6, 6.07) is 11.1. The van der Waals surface area contributed by atoms with Crippen molar-refractivity contribution in [3.05, 3.63) is 77.1 Å². The predicted octanol–water partition coefficient (Wildman–Crippen LogP) is 2.09. The number of amides is 1. The van der Waals surface area contributed by atoms with Crippen molar-refractivity contribution in [2.45, 2.75) is 19.1 Å². The molecule has 138 valence electrons. The van der Waals surface area contributed by atoms with Crippen molar-refractivity contribution in [1.82, 2.24) is 19.9 Å². The first-order valence-corrected chi connectivity index (χ1v) is 8.70. The van der Waals surface area contributed by atoms with Gasteiger partial charge in [-0.05, 0) is 35.4 Å². The zero-order valence-electron chi connectivity index (χ0n) is 14.9. The SMILES string of the molecule is COc1cccc(C2CN(C(=O)c3cc(CO)ccn3)Cc3[nH]cnc32)c1. The van der Waals surface area contributed by atoms with Crippen molar-refractivity contribution in [2.75, 3.05) is 13.7 Å². The van der Waals surface area contributed by atoms with E-state index in [0.29, 0.717) is 24.3 Å². The van der Waals surface area contributed by atoms with Gasteiger partial charge in [0.1, 0.15) is 11.4 Å². The summed E-state index contributed by atoms with van der Waals surface area (Å²) in [5, 5.41) is 9.32. The van der Waals surface area contributed by atoms with E-state index in [2.05, 4.69) is 15.0 Å². The van der Waals surface area contributed by atoms with Crippen molar-refractivity contribution in [2.24, 2.45) is 0 Å². The molecule has 4 rings (SSSR count). The molecule has 1 aliphatic heterocycles. The number of H-pyrrole nitrogens is 1. The topological polar surface area (TPSA) is 91.3 Å². The summed E-state index contributed by atoms with van der Waals surface area (Å²) >= 11 is 0. The third kappa shape index (κ3) is 3.29. The molecule has 2 N–H and O–H groups in total. The zero-order chi connectivity index (χ0) is 18.8. The van der Waals surface area contributed by atoms with Crippen LogP contribution in [0.5, 0.6) is 5.75 Å². The van der Waals surface area contributed by atoms with Crippen LogP contribution in [0.25, 0.3) is 0 Å². The smallest absolute Gasteiger partial charge is 0.272 e. The van der Waals surface area contributed by atoms with Gasteiger partial charge in [0.2, 0.25) is 0 Å². The van der Waals surface area contributed by atoms with Crippen molar-refractivity contribution in [3.63, 3.8) is 0 Å². The number of aliphatic hydroxyl groups is 1. The number of ether oxygens (including phenoxy) is 1. The van der Waals surface area contributed by atoms with E-state index in [-0.39, 0.29) is 18.4 Å². The Balaban J connectivity index is 1.67. The molecule has 0 bridgehead atoms. The van der Waals surface area contributed by atoms with Crippen molar-refractivity contribution >= 4 is 5.91 Å².